The highest BCUT2D eigenvalue weighted by Gasteiger charge is 2.23. The van der Waals surface area contributed by atoms with Gasteiger partial charge in [-0.3, -0.25) is 0 Å². The molecular formula is C22H20Cl2N2O5. The van der Waals surface area contributed by atoms with Gasteiger partial charge in [-0.05, 0) is 61.5 Å². The summed E-state index contributed by atoms with van der Waals surface area (Å²) in [5.74, 6) is 2.24. The number of methoxy groups -OCH3 is 1. The standard InChI is InChI=1S/C22H20Cl2N2O5/c1-14-20(22(27)28-3)21(26(2)25-14)31-18-10-8-17(9-11-18)30-16-6-4-15(5-7-16)29-13-12-19(23)24/h4-12H,13H2,1-3H3. The van der Waals surface area contributed by atoms with Gasteiger partial charge in [-0.1, -0.05) is 23.2 Å². The van der Waals surface area contributed by atoms with Crippen molar-refractivity contribution in [2.45, 2.75) is 6.92 Å². The molecule has 0 aliphatic carbocycles. The zero-order valence-electron chi connectivity index (χ0n) is 17.1. The van der Waals surface area contributed by atoms with Crippen molar-refractivity contribution < 1.29 is 23.7 Å². The van der Waals surface area contributed by atoms with Gasteiger partial charge in [0, 0.05) is 7.05 Å². The first-order valence-electron chi connectivity index (χ1n) is 9.19. The maximum Gasteiger partial charge on any atom is 0.345 e. The number of hydrogen-bond acceptors (Lipinski definition) is 6. The van der Waals surface area contributed by atoms with E-state index >= 15 is 0 Å². The summed E-state index contributed by atoms with van der Waals surface area (Å²) in [6, 6.07) is 14.1. The predicted molar refractivity (Wildman–Crippen MR) is 118 cm³/mol. The number of benzene rings is 2. The van der Waals surface area contributed by atoms with Crippen LogP contribution in [-0.4, -0.2) is 29.5 Å². The fraction of sp³-hybridized carbons (Fsp3) is 0.182. The molecule has 0 spiro atoms. The second-order valence-corrected chi connectivity index (χ2v) is 7.34. The molecular weight excluding hydrogens is 443 g/mol. The molecule has 1 aromatic heterocycles. The number of carbonyl (C=O) groups excluding carboxylic acids is 1. The van der Waals surface area contributed by atoms with Crippen LogP contribution in [0.1, 0.15) is 16.1 Å². The molecule has 7 nitrogen and oxygen atoms in total. The third kappa shape index (κ3) is 5.93. The normalized spacial score (nSPS) is 10.4. The molecule has 0 atom stereocenters. The van der Waals surface area contributed by atoms with E-state index in [1.807, 2.05) is 0 Å². The summed E-state index contributed by atoms with van der Waals surface area (Å²) < 4.78 is 23.6. The number of hydrogen-bond donors (Lipinski definition) is 0. The Hall–Kier alpha value is -3.16. The van der Waals surface area contributed by atoms with Gasteiger partial charge in [0.25, 0.3) is 0 Å². The number of esters is 1. The maximum absolute atomic E-state index is 12.0. The largest absolute Gasteiger partial charge is 0.489 e. The van der Waals surface area contributed by atoms with E-state index in [2.05, 4.69) is 5.10 Å². The third-order valence-electron chi connectivity index (χ3n) is 4.14. The monoisotopic (exact) mass is 462 g/mol. The number of nitrogens with zero attached hydrogens (tertiary/aromatic N) is 2. The summed E-state index contributed by atoms with van der Waals surface area (Å²) in [4.78, 5) is 12.0. The van der Waals surface area contributed by atoms with Crippen LogP contribution in [0.5, 0.6) is 28.9 Å². The quantitative estimate of drug-likeness (QED) is 0.394. The van der Waals surface area contributed by atoms with E-state index in [1.54, 1.807) is 68.6 Å². The molecule has 3 rings (SSSR count). The van der Waals surface area contributed by atoms with Crippen molar-refractivity contribution in [1.82, 2.24) is 9.78 Å². The van der Waals surface area contributed by atoms with Crippen molar-refractivity contribution in [3.8, 4) is 28.9 Å². The van der Waals surface area contributed by atoms with Gasteiger partial charge in [-0.15, -0.1) is 0 Å². The second kappa shape index (κ2) is 10.2. The van der Waals surface area contributed by atoms with Crippen LogP contribution in [0.4, 0.5) is 0 Å². The van der Waals surface area contributed by atoms with Crippen molar-refractivity contribution in [3.63, 3.8) is 0 Å². The molecule has 0 saturated heterocycles. The van der Waals surface area contributed by atoms with Gasteiger partial charge in [0.15, 0.2) is 0 Å². The third-order valence-corrected chi connectivity index (χ3v) is 4.45. The Morgan fingerprint density at radius 2 is 1.48 bits per heavy atom. The molecule has 162 valence electrons. The van der Waals surface area contributed by atoms with Crippen LogP contribution in [0.2, 0.25) is 0 Å². The van der Waals surface area contributed by atoms with Crippen LogP contribution in [-0.2, 0) is 11.8 Å². The van der Waals surface area contributed by atoms with Gasteiger partial charge in [0.2, 0.25) is 5.88 Å². The van der Waals surface area contributed by atoms with Gasteiger partial charge >= 0.3 is 5.97 Å². The Labute approximate surface area is 189 Å². The number of aryl methyl sites for hydroxylation is 2. The molecule has 0 fully saturated rings. The number of carbonyl (C=O) groups is 1. The number of ether oxygens (including phenoxy) is 4. The minimum absolute atomic E-state index is 0.160. The van der Waals surface area contributed by atoms with E-state index in [1.165, 1.54) is 11.8 Å². The maximum atomic E-state index is 12.0. The van der Waals surface area contributed by atoms with Crippen molar-refractivity contribution >= 4 is 29.2 Å². The summed E-state index contributed by atoms with van der Waals surface area (Å²) in [5.41, 5.74) is 0.815. The van der Waals surface area contributed by atoms with Crippen molar-refractivity contribution in [2.24, 2.45) is 7.05 Å². The molecule has 0 aliphatic rings. The molecule has 0 N–H and O–H groups in total. The van der Waals surface area contributed by atoms with Gasteiger partial charge in [-0.2, -0.15) is 5.10 Å². The van der Waals surface area contributed by atoms with Gasteiger partial charge in [0.05, 0.1) is 12.8 Å². The highest BCUT2D eigenvalue weighted by Crippen LogP contribution is 2.30. The Kier molecular flexibility index (Phi) is 7.44. The Morgan fingerprint density at radius 3 is 2.00 bits per heavy atom. The molecule has 9 heteroatoms. The van der Waals surface area contributed by atoms with Crippen molar-refractivity contribution in [2.75, 3.05) is 13.7 Å². The molecule has 0 amide bonds. The van der Waals surface area contributed by atoms with E-state index in [9.17, 15) is 4.79 Å². The van der Waals surface area contributed by atoms with Crippen LogP contribution in [0.15, 0.2) is 59.1 Å². The van der Waals surface area contributed by atoms with E-state index < -0.39 is 5.97 Å². The zero-order valence-corrected chi connectivity index (χ0v) is 18.6. The highest BCUT2D eigenvalue weighted by molar-refractivity contribution is 6.55. The first kappa shape index (κ1) is 22.5. The summed E-state index contributed by atoms with van der Waals surface area (Å²) in [7, 11) is 3.01. The molecule has 0 saturated carbocycles. The van der Waals surface area contributed by atoms with E-state index in [0.29, 0.717) is 34.6 Å². The van der Waals surface area contributed by atoms with E-state index in [0.717, 1.165) is 0 Å². The van der Waals surface area contributed by atoms with Crippen LogP contribution < -0.4 is 14.2 Å². The minimum atomic E-state index is -0.505. The summed E-state index contributed by atoms with van der Waals surface area (Å²) in [6.07, 6.45) is 1.55. The number of rotatable bonds is 8. The van der Waals surface area contributed by atoms with Crippen LogP contribution >= 0.6 is 23.2 Å². The average molecular weight is 463 g/mol. The van der Waals surface area contributed by atoms with Crippen molar-refractivity contribution in [3.05, 3.63) is 70.4 Å². The van der Waals surface area contributed by atoms with Crippen LogP contribution in [0.25, 0.3) is 0 Å². The summed E-state index contributed by atoms with van der Waals surface area (Å²) in [5, 5.41) is 4.22. The molecule has 0 unspecified atom stereocenters. The lowest BCUT2D eigenvalue weighted by Crippen LogP contribution is -2.05. The first-order chi connectivity index (χ1) is 14.9. The molecule has 0 radical (unpaired) electrons. The van der Waals surface area contributed by atoms with Gasteiger partial charge in [0.1, 0.15) is 39.7 Å². The molecule has 1 heterocycles. The van der Waals surface area contributed by atoms with Gasteiger partial charge in [-0.25, -0.2) is 9.48 Å². The molecule has 31 heavy (non-hydrogen) atoms. The first-order valence-corrected chi connectivity index (χ1v) is 9.94. The number of aromatic nitrogens is 2. The minimum Gasteiger partial charge on any atom is -0.489 e. The molecule has 0 bridgehead atoms. The van der Waals surface area contributed by atoms with E-state index in [4.69, 9.17) is 42.1 Å². The number of halogens is 2. The fourth-order valence-electron chi connectivity index (χ4n) is 2.72. The molecule has 3 aromatic rings. The second-order valence-electron chi connectivity index (χ2n) is 6.33. The highest BCUT2D eigenvalue weighted by atomic mass is 35.5. The molecule has 2 aromatic carbocycles. The molecule has 0 aliphatic heterocycles. The predicted octanol–water partition coefficient (Wildman–Crippen LogP) is 5.80. The lowest BCUT2D eigenvalue weighted by Gasteiger charge is -2.10. The van der Waals surface area contributed by atoms with Crippen LogP contribution in [0, 0.1) is 6.92 Å². The summed E-state index contributed by atoms with van der Waals surface area (Å²) in [6.45, 7) is 1.99. The zero-order chi connectivity index (χ0) is 22.4. The lowest BCUT2D eigenvalue weighted by molar-refractivity contribution is 0.0596. The van der Waals surface area contributed by atoms with E-state index in [-0.39, 0.29) is 16.7 Å². The van der Waals surface area contributed by atoms with Crippen LogP contribution in [0.3, 0.4) is 0 Å². The summed E-state index contributed by atoms with van der Waals surface area (Å²) >= 11 is 11.1. The van der Waals surface area contributed by atoms with Crippen molar-refractivity contribution in [1.29, 1.82) is 0 Å². The smallest absolute Gasteiger partial charge is 0.345 e. The Bertz CT molecular complexity index is 1070. The Morgan fingerprint density at radius 1 is 0.968 bits per heavy atom. The lowest BCUT2D eigenvalue weighted by atomic mass is 10.2. The average Bonchev–Trinajstić information content (AvgIpc) is 3.02. The topological polar surface area (TPSA) is 71.8 Å². The van der Waals surface area contributed by atoms with Gasteiger partial charge < -0.3 is 18.9 Å². The Balaban J connectivity index is 1.65. The SMILES string of the molecule is COC(=O)c1c(C)nn(C)c1Oc1ccc(Oc2ccc(OCC=C(Cl)Cl)cc2)cc1. The fourth-order valence-corrected chi connectivity index (χ4v) is 2.85.